The summed E-state index contributed by atoms with van der Waals surface area (Å²) in [6.07, 6.45) is 0. The van der Waals surface area contributed by atoms with Gasteiger partial charge in [-0.3, -0.25) is 0 Å². The van der Waals surface area contributed by atoms with Gasteiger partial charge < -0.3 is 10.4 Å². The fraction of sp³-hybridized carbons (Fsp3) is 0.167. The second kappa shape index (κ2) is 5.31. The molecule has 0 aliphatic heterocycles. The minimum absolute atomic E-state index is 0.00205. The predicted molar refractivity (Wildman–Crippen MR) is 67.5 cm³/mol. The summed E-state index contributed by atoms with van der Waals surface area (Å²) in [4.78, 5) is 15.3. The van der Waals surface area contributed by atoms with E-state index < -0.39 is 17.6 Å². The maximum Gasteiger partial charge on any atom is 0.355 e. The number of anilines is 1. The van der Waals surface area contributed by atoms with E-state index in [9.17, 15) is 13.6 Å². The molecule has 0 unspecified atom stereocenters. The SMILES string of the molecule is Cc1sc(NCc2ccc(F)c(F)c2)nc1C(=O)O. The average molecular weight is 284 g/mol. The summed E-state index contributed by atoms with van der Waals surface area (Å²) in [5.74, 6) is -2.91. The van der Waals surface area contributed by atoms with Crippen LogP contribution in [-0.4, -0.2) is 16.1 Å². The molecule has 2 aromatic rings. The zero-order valence-corrected chi connectivity index (χ0v) is 10.7. The Morgan fingerprint density at radius 2 is 2.16 bits per heavy atom. The van der Waals surface area contributed by atoms with E-state index in [0.29, 0.717) is 15.6 Å². The lowest BCUT2D eigenvalue weighted by Gasteiger charge is -2.03. The van der Waals surface area contributed by atoms with Gasteiger partial charge in [-0.2, -0.15) is 0 Å². The summed E-state index contributed by atoms with van der Waals surface area (Å²) in [5.41, 5.74) is 0.543. The van der Waals surface area contributed by atoms with Crippen LogP contribution in [0.2, 0.25) is 0 Å². The first-order chi connectivity index (χ1) is 8.97. The van der Waals surface area contributed by atoms with Crippen LogP contribution in [0, 0.1) is 18.6 Å². The normalized spacial score (nSPS) is 10.5. The highest BCUT2D eigenvalue weighted by molar-refractivity contribution is 7.15. The Kier molecular flexibility index (Phi) is 3.75. The highest BCUT2D eigenvalue weighted by Crippen LogP contribution is 2.22. The summed E-state index contributed by atoms with van der Waals surface area (Å²) in [6, 6.07) is 3.58. The number of benzene rings is 1. The Labute approximate surface area is 111 Å². The van der Waals surface area contributed by atoms with Gasteiger partial charge in [0, 0.05) is 11.4 Å². The van der Waals surface area contributed by atoms with Crippen LogP contribution in [0.5, 0.6) is 0 Å². The number of carboxylic acids is 1. The van der Waals surface area contributed by atoms with Crippen molar-refractivity contribution in [1.82, 2.24) is 4.98 Å². The Bertz CT molecular complexity index is 628. The number of aromatic carboxylic acids is 1. The quantitative estimate of drug-likeness (QED) is 0.906. The molecule has 0 aliphatic rings. The van der Waals surface area contributed by atoms with Crippen molar-refractivity contribution in [2.24, 2.45) is 0 Å². The van der Waals surface area contributed by atoms with E-state index in [-0.39, 0.29) is 12.2 Å². The summed E-state index contributed by atoms with van der Waals surface area (Å²) in [7, 11) is 0. The molecule has 2 rings (SSSR count). The van der Waals surface area contributed by atoms with Gasteiger partial charge in [-0.1, -0.05) is 6.07 Å². The first kappa shape index (κ1) is 13.4. The molecule has 7 heteroatoms. The molecule has 19 heavy (non-hydrogen) atoms. The lowest BCUT2D eigenvalue weighted by Crippen LogP contribution is -2.02. The molecule has 0 atom stereocenters. The van der Waals surface area contributed by atoms with Crippen molar-refractivity contribution < 1.29 is 18.7 Å². The molecule has 100 valence electrons. The van der Waals surface area contributed by atoms with Crippen LogP contribution in [-0.2, 0) is 6.54 Å². The second-order valence-corrected chi connectivity index (χ2v) is 5.03. The predicted octanol–water partition coefficient (Wildman–Crippen LogP) is 3.04. The third-order valence-electron chi connectivity index (χ3n) is 2.43. The number of carbonyl (C=O) groups is 1. The topological polar surface area (TPSA) is 62.2 Å². The first-order valence-corrected chi connectivity index (χ1v) is 6.17. The Balaban J connectivity index is 2.08. The molecular formula is C12H10F2N2O2S. The van der Waals surface area contributed by atoms with Crippen molar-refractivity contribution in [3.63, 3.8) is 0 Å². The Morgan fingerprint density at radius 1 is 1.42 bits per heavy atom. The summed E-state index contributed by atoms with van der Waals surface area (Å²) >= 11 is 1.20. The standard InChI is InChI=1S/C12H10F2N2O2S/c1-6-10(11(17)18)16-12(19-6)15-5-7-2-3-8(13)9(14)4-7/h2-4H,5H2,1H3,(H,15,16)(H,17,18). The van der Waals surface area contributed by atoms with Crippen LogP contribution in [0.3, 0.4) is 0 Å². The minimum Gasteiger partial charge on any atom is -0.476 e. The van der Waals surface area contributed by atoms with Gasteiger partial charge in [-0.25, -0.2) is 18.6 Å². The minimum atomic E-state index is -1.09. The molecule has 0 amide bonds. The molecule has 0 fully saturated rings. The molecule has 1 heterocycles. The van der Waals surface area contributed by atoms with Crippen molar-refractivity contribution in [2.75, 3.05) is 5.32 Å². The highest BCUT2D eigenvalue weighted by atomic mass is 32.1. The van der Waals surface area contributed by atoms with E-state index in [4.69, 9.17) is 5.11 Å². The third kappa shape index (κ3) is 3.05. The largest absolute Gasteiger partial charge is 0.476 e. The lowest BCUT2D eigenvalue weighted by molar-refractivity contribution is 0.0690. The zero-order valence-electron chi connectivity index (χ0n) is 9.91. The van der Waals surface area contributed by atoms with Crippen molar-refractivity contribution in [2.45, 2.75) is 13.5 Å². The number of nitrogens with zero attached hydrogens (tertiary/aromatic N) is 1. The number of thiazole rings is 1. The van der Waals surface area contributed by atoms with E-state index in [1.54, 1.807) is 6.92 Å². The second-order valence-electron chi connectivity index (χ2n) is 3.83. The van der Waals surface area contributed by atoms with Gasteiger partial charge in [0.05, 0.1) is 0 Å². The fourth-order valence-electron chi connectivity index (χ4n) is 1.50. The molecule has 0 spiro atoms. The van der Waals surface area contributed by atoms with Crippen molar-refractivity contribution in [3.05, 3.63) is 46.0 Å². The van der Waals surface area contributed by atoms with Crippen LogP contribution < -0.4 is 5.32 Å². The molecule has 0 saturated carbocycles. The molecular weight excluding hydrogens is 274 g/mol. The molecule has 0 aliphatic carbocycles. The van der Waals surface area contributed by atoms with Gasteiger partial charge in [0.2, 0.25) is 0 Å². The molecule has 0 bridgehead atoms. The van der Waals surface area contributed by atoms with E-state index in [2.05, 4.69) is 10.3 Å². The number of hydrogen-bond acceptors (Lipinski definition) is 4. The monoisotopic (exact) mass is 284 g/mol. The van der Waals surface area contributed by atoms with Crippen LogP contribution >= 0.6 is 11.3 Å². The molecule has 1 aromatic carbocycles. The van der Waals surface area contributed by atoms with Crippen molar-refractivity contribution in [1.29, 1.82) is 0 Å². The van der Waals surface area contributed by atoms with Gasteiger partial charge in [0.1, 0.15) is 0 Å². The van der Waals surface area contributed by atoms with Crippen LogP contribution in [0.4, 0.5) is 13.9 Å². The molecule has 4 nitrogen and oxygen atoms in total. The maximum atomic E-state index is 13.0. The highest BCUT2D eigenvalue weighted by Gasteiger charge is 2.13. The summed E-state index contributed by atoms with van der Waals surface area (Å²) in [6.45, 7) is 1.90. The molecule has 2 N–H and O–H groups in total. The molecule has 0 saturated heterocycles. The van der Waals surface area contributed by atoms with Crippen molar-refractivity contribution in [3.8, 4) is 0 Å². The number of aryl methyl sites for hydroxylation is 1. The van der Waals surface area contributed by atoms with Gasteiger partial charge in [-0.05, 0) is 24.6 Å². The average Bonchev–Trinajstić information content (AvgIpc) is 2.72. The lowest BCUT2D eigenvalue weighted by atomic mass is 10.2. The fourth-order valence-corrected chi connectivity index (χ4v) is 2.30. The first-order valence-electron chi connectivity index (χ1n) is 5.36. The number of rotatable bonds is 4. The zero-order chi connectivity index (χ0) is 14.0. The molecule has 0 radical (unpaired) electrons. The summed E-state index contributed by atoms with van der Waals surface area (Å²) in [5, 5.41) is 12.2. The van der Waals surface area contributed by atoms with Crippen LogP contribution in [0.15, 0.2) is 18.2 Å². The number of nitrogens with one attached hydrogen (secondary N) is 1. The number of carboxylic acid groups (broad SMARTS) is 1. The Morgan fingerprint density at radius 3 is 2.74 bits per heavy atom. The van der Waals surface area contributed by atoms with E-state index in [1.807, 2.05) is 0 Å². The summed E-state index contributed by atoms with van der Waals surface area (Å²) < 4.78 is 25.7. The number of aromatic nitrogens is 1. The molecule has 1 aromatic heterocycles. The van der Waals surface area contributed by atoms with Gasteiger partial charge in [0.15, 0.2) is 22.5 Å². The van der Waals surface area contributed by atoms with Gasteiger partial charge in [-0.15, -0.1) is 11.3 Å². The van der Waals surface area contributed by atoms with Gasteiger partial charge >= 0.3 is 5.97 Å². The van der Waals surface area contributed by atoms with E-state index >= 15 is 0 Å². The van der Waals surface area contributed by atoms with E-state index in [1.165, 1.54) is 17.4 Å². The Hall–Kier alpha value is -2.02. The number of halogens is 2. The smallest absolute Gasteiger partial charge is 0.355 e. The number of hydrogen-bond donors (Lipinski definition) is 2. The van der Waals surface area contributed by atoms with E-state index in [0.717, 1.165) is 12.1 Å². The van der Waals surface area contributed by atoms with Crippen LogP contribution in [0.25, 0.3) is 0 Å². The maximum absolute atomic E-state index is 13.0. The van der Waals surface area contributed by atoms with Crippen LogP contribution in [0.1, 0.15) is 20.9 Å². The van der Waals surface area contributed by atoms with Crippen molar-refractivity contribution >= 4 is 22.4 Å². The third-order valence-corrected chi connectivity index (χ3v) is 3.36. The van der Waals surface area contributed by atoms with Gasteiger partial charge in [0.25, 0.3) is 0 Å².